The maximum Gasteiger partial charge on any atom is 0.256 e. The molecule has 0 aliphatic carbocycles. The van der Waals surface area contributed by atoms with E-state index in [1.807, 2.05) is 0 Å². The van der Waals surface area contributed by atoms with Crippen LogP contribution in [0.1, 0.15) is 23.2 Å². The number of hydrogen-bond donors (Lipinski definition) is 1. The van der Waals surface area contributed by atoms with Crippen molar-refractivity contribution >= 4 is 29.1 Å². The van der Waals surface area contributed by atoms with E-state index in [0.717, 1.165) is 17.0 Å². The second-order valence-electron chi connectivity index (χ2n) is 6.80. The highest BCUT2D eigenvalue weighted by atomic mass is 19.1. The van der Waals surface area contributed by atoms with E-state index < -0.39 is 29.5 Å². The summed E-state index contributed by atoms with van der Waals surface area (Å²) in [6, 6.07) is 8.12. The molecule has 1 N–H and O–H groups in total. The number of nitrogens with one attached hydrogen (secondary N) is 1. The van der Waals surface area contributed by atoms with Crippen molar-refractivity contribution in [2.45, 2.75) is 18.9 Å². The fraction of sp³-hybridized carbons (Fsp3) is 0.250. The molecule has 4 rings (SSSR count). The predicted octanol–water partition coefficient (Wildman–Crippen LogP) is 2.55. The van der Waals surface area contributed by atoms with Crippen molar-refractivity contribution in [1.29, 1.82) is 0 Å². The van der Waals surface area contributed by atoms with Gasteiger partial charge in [0, 0.05) is 12.2 Å². The van der Waals surface area contributed by atoms with E-state index in [2.05, 4.69) is 5.32 Å². The average molecular weight is 385 g/mol. The van der Waals surface area contributed by atoms with E-state index in [0.29, 0.717) is 25.1 Å². The summed E-state index contributed by atoms with van der Waals surface area (Å²) in [5.74, 6) is -2.33. The second kappa shape index (κ2) is 7.03. The van der Waals surface area contributed by atoms with Gasteiger partial charge in [-0.05, 0) is 55.3 Å². The van der Waals surface area contributed by atoms with Crippen LogP contribution < -0.4 is 10.2 Å². The van der Waals surface area contributed by atoms with Gasteiger partial charge in [0.25, 0.3) is 5.91 Å². The third-order valence-electron chi connectivity index (χ3n) is 4.98. The van der Waals surface area contributed by atoms with Gasteiger partial charge in [0.15, 0.2) is 0 Å². The molecule has 0 saturated carbocycles. The van der Waals surface area contributed by atoms with Gasteiger partial charge in [-0.1, -0.05) is 0 Å². The van der Waals surface area contributed by atoms with Gasteiger partial charge in [0.2, 0.25) is 11.8 Å². The number of hydrogen-bond acceptors (Lipinski definition) is 3. The topological polar surface area (TPSA) is 69.7 Å². The standard InChI is InChI=1S/C20H17F2N3O3/c21-12-3-6-14(7-4-12)23-18(26)11-25-17-10-13(22)5-8-15(17)19(27)24-9-1-2-16(24)20(25)28/h3-8,10,16H,1-2,9,11H2,(H,23,26)/t16-/m1/s1. The number of carbonyl (C=O) groups excluding carboxylic acids is 3. The van der Waals surface area contributed by atoms with E-state index in [9.17, 15) is 23.2 Å². The Kier molecular flexibility index (Phi) is 4.54. The van der Waals surface area contributed by atoms with Crippen LogP contribution in [-0.2, 0) is 9.59 Å². The lowest BCUT2D eigenvalue weighted by Gasteiger charge is -2.25. The molecule has 144 valence electrons. The van der Waals surface area contributed by atoms with Gasteiger partial charge in [-0.25, -0.2) is 8.78 Å². The Morgan fingerprint density at radius 2 is 1.79 bits per heavy atom. The molecule has 2 aliphatic heterocycles. The fourth-order valence-corrected chi connectivity index (χ4v) is 3.67. The summed E-state index contributed by atoms with van der Waals surface area (Å²) < 4.78 is 26.9. The maximum atomic E-state index is 13.9. The number of fused-ring (bicyclic) bond motifs is 2. The van der Waals surface area contributed by atoms with Gasteiger partial charge >= 0.3 is 0 Å². The minimum absolute atomic E-state index is 0.0821. The minimum atomic E-state index is -0.665. The summed E-state index contributed by atoms with van der Waals surface area (Å²) in [5, 5.41) is 2.58. The van der Waals surface area contributed by atoms with Gasteiger partial charge in [0.1, 0.15) is 24.2 Å². The quantitative estimate of drug-likeness (QED) is 0.883. The number of nitrogens with zero attached hydrogens (tertiary/aromatic N) is 2. The molecular formula is C20H17F2N3O3. The van der Waals surface area contributed by atoms with Gasteiger partial charge in [-0.3, -0.25) is 14.4 Å². The zero-order valence-corrected chi connectivity index (χ0v) is 14.8. The van der Waals surface area contributed by atoms with Gasteiger partial charge in [-0.2, -0.15) is 0 Å². The summed E-state index contributed by atoms with van der Waals surface area (Å²) in [4.78, 5) is 41.0. The molecule has 1 fully saturated rings. The summed E-state index contributed by atoms with van der Waals surface area (Å²) in [7, 11) is 0. The van der Waals surface area contributed by atoms with Crippen LogP contribution in [0.15, 0.2) is 42.5 Å². The normalized spacial score (nSPS) is 18.6. The molecule has 2 aromatic carbocycles. The predicted molar refractivity (Wildman–Crippen MR) is 97.8 cm³/mol. The van der Waals surface area contributed by atoms with Crippen LogP contribution in [0.4, 0.5) is 20.2 Å². The lowest BCUT2D eigenvalue weighted by Crippen LogP contribution is -2.47. The smallest absolute Gasteiger partial charge is 0.256 e. The Labute approximate surface area is 159 Å². The molecule has 0 aromatic heterocycles. The second-order valence-corrected chi connectivity index (χ2v) is 6.80. The summed E-state index contributed by atoms with van der Waals surface area (Å²) in [5.41, 5.74) is 0.638. The summed E-state index contributed by atoms with van der Waals surface area (Å²) in [6.45, 7) is 0.0615. The van der Waals surface area contributed by atoms with Crippen LogP contribution in [0.5, 0.6) is 0 Å². The first-order chi connectivity index (χ1) is 13.4. The van der Waals surface area contributed by atoms with E-state index in [-0.39, 0.29) is 23.7 Å². The molecule has 2 heterocycles. The molecule has 0 unspecified atom stereocenters. The first-order valence-electron chi connectivity index (χ1n) is 8.91. The van der Waals surface area contributed by atoms with Crippen molar-refractivity contribution < 1.29 is 23.2 Å². The number of amides is 3. The van der Waals surface area contributed by atoms with Crippen molar-refractivity contribution in [2.24, 2.45) is 0 Å². The number of carbonyl (C=O) groups is 3. The molecule has 0 bridgehead atoms. The van der Waals surface area contributed by atoms with Crippen LogP contribution in [0, 0.1) is 11.6 Å². The Balaban J connectivity index is 1.66. The molecule has 2 aromatic rings. The van der Waals surface area contributed by atoms with E-state index in [4.69, 9.17) is 0 Å². The third-order valence-corrected chi connectivity index (χ3v) is 4.98. The maximum absolute atomic E-state index is 13.9. The highest BCUT2D eigenvalue weighted by Crippen LogP contribution is 2.32. The van der Waals surface area contributed by atoms with Crippen molar-refractivity contribution in [3.63, 3.8) is 0 Å². The van der Waals surface area contributed by atoms with Gasteiger partial charge in [-0.15, -0.1) is 0 Å². The highest BCUT2D eigenvalue weighted by molar-refractivity contribution is 6.13. The molecule has 2 aliphatic rings. The minimum Gasteiger partial charge on any atom is -0.327 e. The Bertz CT molecular complexity index is 962. The summed E-state index contributed by atoms with van der Waals surface area (Å²) >= 11 is 0. The van der Waals surface area contributed by atoms with Gasteiger partial charge < -0.3 is 15.1 Å². The third kappa shape index (κ3) is 3.21. The Morgan fingerprint density at radius 3 is 2.54 bits per heavy atom. The first-order valence-corrected chi connectivity index (χ1v) is 8.91. The van der Waals surface area contributed by atoms with Crippen molar-refractivity contribution in [2.75, 3.05) is 23.3 Å². The number of benzene rings is 2. The first kappa shape index (κ1) is 18.1. The van der Waals surface area contributed by atoms with Crippen molar-refractivity contribution in [3.8, 4) is 0 Å². The van der Waals surface area contributed by atoms with Crippen molar-refractivity contribution in [1.82, 2.24) is 4.90 Å². The van der Waals surface area contributed by atoms with E-state index in [1.54, 1.807) is 0 Å². The molecule has 6 nitrogen and oxygen atoms in total. The van der Waals surface area contributed by atoms with Crippen LogP contribution in [0.2, 0.25) is 0 Å². The molecule has 0 spiro atoms. The summed E-state index contributed by atoms with van der Waals surface area (Å²) in [6.07, 6.45) is 1.19. The number of halogens is 2. The molecular weight excluding hydrogens is 368 g/mol. The van der Waals surface area contributed by atoms with Gasteiger partial charge in [0.05, 0.1) is 11.3 Å². The zero-order valence-electron chi connectivity index (χ0n) is 14.8. The Hall–Kier alpha value is -3.29. The number of rotatable bonds is 3. The largest absolute Gasteiger partial charge is 0.327 e. The van der Waals surface area contributed by atoms with Crippen molar-refractivity contribution in [3.05, 3.63) is 59.7 Å². The molecule has 28 heavy (non-hydrogen) atoms. The lowest BCUT2D eigenvalue weighted by molar-refractivity contribution is -0.124. The average Bonchev–Trinajstić information content (AvgIpc) is 3.14. The van der Waals surface area contributed by atoms with Crippen LogP contribution in [-0.4, -0.2) is 41.8 Å². The van der Waals surface area contributed by atoms with E-state index >= 15 is 0 Å². The zero-order chi connectivity index (χ0) is 19.8. The van der Waals surface area contributed by atoms with E-state index in [1.165, 1.54) is 35.2 Å². The monoisotopic (exact) mass is 385 g/mol. The SMILES string of the molecule is O=C(CN1C(=O)[C@H]2CCCN2C(=O)c2ccc(F)cc21)Nc1ccc(F)cc1. The van der Waals surface area contributed by atoms with Crippen LogP contribution in [0.3, 0.4) is 0 Å². The van der Waals surface area contributed by atoms with Crippen LogP contribution in [0.25, 0.3) is 0 Å². The number of anilines is 2. The molecule has 8 heteroatoms. The van der Waals surface area contributed by atoms with Crippen LogP contribution >= 0.6 is 0 Å². The fourth-order valence-electron chi connectivity index (χ4n) is 3.67. The highest BCUT2D eigenvalue weighted by Gasteiger charge is 2.42. The Morgan fingerprint density at radius 1 is 1.07 bits per heavy atom. The lowest BCUT2D eigenvalue weighted by atomic mass is 10.1. The molecule has 1 atom stereocenters. The molecule has 0 radical (unpaired) electrons. The molecule has 1 saturated heterocycles. The molecule has 3 amide bonds.